The van der Waals surface area contributed by atoms with Crippen molar-refractivity contribution < 1.29 is 19.4 Å². The van der Waals surface area contributed by atoms with Gasteiger partial charge in [0.05, 0.1) is 19.8 Å². The number of aromatic carboxylic acids is 1. The van der Waals surface area contributed by atoms with Gasteiger partial charge in [0.2, 0.25) is 0 Å². The van der Waals surface area contributed by atoms with E-state index in [0.717, 1.165) is 0 Å². The summed E-state index contributed by atoms with van der Waals surface area (Å²) in [4.78, 5) is 15.4. The van der Waals surface area contributed by atoms with Crippen LogP contribution in [-0.4, -0.2) is 30.3 Å². The third-order valence-electron chi connectivity index (χ3n) is 2.46. The minimum atomic E-state index is -1.13. The highest BCUT2D eigenvalue weighted by Crippen LogP contribution is 2.54. The van der Waals surface area contributed by atoms with E-state index in [0.29, 0.717) is 15.2 Å². The molecule has 1 aromatic heterocycles. The second-order valence-corrected chi connectivity index (χ2v) is 5.41. The number of allylic oxidation sites excluding steroid dienone is 2. The summed E-state index contributed by atoms with van der Waals surface area (Å²) in [5.74, 6) is -1.00. The number of aromatic nitrogens is 1. The van der Waals surface area contributed by atoms with E-state index in [9.17, 15) is 9.90 Å². The van der Waals surface area contributed by atoms with Crippen LogP contribution in [0.25, 0.3) is 0 Å². The van der Waals surface area contributed by atoms with Crippen LogP contribution in [0.5, 0.6) is 0 Å². The Kier molecular flexibility index (Phi) is 3.57. The molecule has 5 nitrogen and oxygen atoms in total. The number of pyridine rings is 1. The largest absolute Gasteiger partial charge is 0.492 e. The minimum Gasteiger partial charge on any atom is -0.492 e. The average molecular weight is 267 g/mol. The van der Waals surface area contributed by atoms with Crippen molar-refractivity contribution in [3.63, 3.8) is 0 Å². The average Bonchev–Trinajstić information content (AvgIpc) is 2.81. The molecule has 1 N–H and O–H groups in total. The molecule has 0 aromatic carbocycles. The Morgan fingerprint density at radius 1 is 1.28 bits per heavy atom. The van der Waals surface area contributed by atoms with Crippen LogP contribution in [0.1, 0.15) is 10.4 Å². The van der Waals surface area contributed by atoms with Gasteiger partial charge in [0.15, 0.2) is 0 Å². The van der Waals surface area contributed by atoms with Crippen molar-refractivity contribution in [2.24, 2.45) is 0 Å². The van der Waals surface area contributed by atoms with Crippen molar-refractivity contribution in [1.29, 1.82) is 0 Å². The quantitative estimate of drug-likeness (QED) is 0.818. The molecule has 6 heteroatoms. The van der Waals surface area contributed by atoms with Gasteiger partial charge in [0.1, 0.15) is 15.2 Å². The Morgan fingerprint density at radius 3 is 2.39 bits per heavy atom. The molecule has 96 valence electrons. The summed E-state index contributed by atoms with van der Waals surface area (Å²) in [6.07, 6.45) is 5.14. The predicted octanol–water partition coefficient (Wildman–Crippen LogP) is 2.13. The van der Waals surface area contributed by atoms with Crippen molar-refractivity contribution >= 4 is 16.9 Å². The molecule has 0 aliphatic carbocycles. The van der Waals surface area contributed by atoms with Crippen LogP contribution in [0.15, 0.2) is 45.7 Å². The molecule has 0 fully saturated rings. The Bertz CT molecular complexity index is 519. The Morgan fingerprint density at radius 2 is 1.89 bits per heavy atom. The molecule has 0 spiro atoms. The highest BCUT2D eigenvalue weighted by Gasteiger charge is 2.28. The fraction of sp³-hybridized carbons (Fsp3) is 0.167. The maximum absolute atomic E-state index is 11.2. The van der Waals surface area contributed by atoms with Crippen LogP contribution in [-0.2, 0) is 9.47 Å². The lowest BCUT2D eigenvalue weighted by atomic mass is 10.3. The van der Waals surface area contributed by atoms with Crippen molar-refractivity contribution in [2.75, 3.05) is 14.2 Å². The lowest BCUT2D eigenvalue weighted by molar-refractivity contribution is 0.0692. The fourth-order valence-corrected chi connectivity index (χ4v) is 3.71. The van der Waals surface area contributed by atoms with Crippen molar-refractivity contribution in [3.05, 3.63) is 46.2 Å². The van der Waals surface area contributed by atoms with Gasteiger partial charge in [-0.05, 0) is 24.3 Å². The molecule has 0 saturated carbocycles. The van der Waals surface area contributed by atoms with Crippen molar-refractivity contribution in [1.82, 2.24) is 4.98 Å². The molecule has 1 aliphatic heterocycles. The number of carbonyl (C=O) groups is 1. The summed E-state index contributed by atoms with van der Waals surface area (Å²) in [5, 5.41) is 11.0. The highest BCUT2D eigenvalue weighted by atomic mass is 32.2. The van der Waals surface area contributed by atoms with E-state index in [4.69, 9.17) is 9.47 Å². The Balaban J connectivity index is 2.50. The van der Waals surface area contributed by atoms with Gasteiger partial charge in [-0.15, -0.1) is 0 Å². The molecular formula is C12H13NO4S. The molecule has 18 heavy (non-hydrogen) atoms. The van der Waals surface area contributed by atoms with Crippen LogP contribution < -0.4 is 0 Å². The molecule has 0 atom stereocenters. The van der Waals surface area contributed by atoms with Crippen LogP contribution in [0, 0.1) is 0 Å². The zero-order valence-electron chi connectivity index (χ0n) is 9.95. The first-order valence-electron chi connectivity index (χ1n) is 5.17. The lowest BCUT2D eigenvalue weighted by Gasteiger charge is -2.21. The number of carboxylic acids is 1. The minimum absolute atomic E-state index is 0.177. The molecule has 0 radical (unpaired) electrons. The number of carboxylic acid groups (broad SMARTS) is 1. The maximum atomic E-state index is 11.2. The molecule has 1 aliphatic rings. The highest BCUT2D eigenvalue weighted by molar-refractivity contribution is 8.23. The topological polar surface area (TPSA) is 68.7 Å². The maximum Gasteiger partial charge on any atom is 0.338 e. The van der Waals surface area contributed by atoms with Crippen LogP contribution in [0.2, 0.25) is 0 Å². The number of ether oxygens (including phenoxy) is 2. The van der Waals surface area contributed by atoms with E-state index in [1.807, 2.05) is 0 Å². The third-order valence-corrected chi connectivity index (χ3v) is 4.78. The van der Waals surface area contributed by atoms with Gasteiger partial charge in [-0.2, -0.15) is 0 Å². The summed E-state index contributed by atoms with van der Waals surface area (Å²) in [7, 11) is 1.97. The van der Waals surface area contributed by atoms with Gasteiger partial charge in [0, 0.05) is 6.20 Å². The van der Waals surface area contributed by atoms with Crippen molar-refractivity contribution in [3.8, 4) is 0 Å². The molecule has 2 heterocycles. The van der Waals surface area contributed by atoms with E-state index >= 15 is 0 Å². The standard InChI is InChI=1S/C12H13NO4S/c1-16-9-5-6-10(17-2)18(9)11-8(12(14)15)4-3-7-13-11/h3-7,18H,1-2H3,(H,14,15). The van der Waals surface area contributed by atoms with Crippen LogP contribution in [0.3, 0.4) is 0 Å². The zero-order chi connectivity index (χ0) is 13.1. The van der Waals surface area contributed by atoms with Gasteiger partial charge >= 0.3 is 5.97 Å². The van der Waals surface area contributed by atoms with E-state index in [2.05, 4.69) is 4.98 Å². The first-order chi connectivity index (χ1) is 8.69. The van der Waals surface area contributed by atoms with Crippen LogP contribution in [0.4, 0.5) is 0 Å². The zero-order valence-corrected chi connectivity index (χ0v) is 10.8. The summed E-state index contributed by atoms with van der Waals surface area (Å²) in [5.41, 5.74) is 0.177. The number of hydrogen-bond acceptors (Lipinski definition) is 4. The summed E-state index contributed by atoms with van der Waals surface area (Å²) >= 11 is 0. The number of rotatable bonds is 4. The number of thiol groups is 1. The number of methoxy groups -OCH3 is 2. The second kappa shape index (κ2) is 5.14. The number of nitrogens with zero attached hydrogens (tertiary/aromatic N) is 1. The van der Waals surface area contributed by atoms with E-state index in [1.54, 1.807) is 38.6 Å². The van der Waals surface area contributed by atoms with E-state index in [-0.39, 0.29) is 5.56 Å². The normalized spacial score (nSPS) is 16.0. The molecule has 2 rings (SSSR count). The first kappa shape index (κ1) is 12.5. The van der Waals surface area contributed by atoms with Crippen molar-refractivity contribution in [2.45, 2.75) is 5.03 Å². The smallest absolute Gasteiger partial charge is 0.338 e. The third kappa shape index (κ3) is 2.06. The molecule has 0 saturated heterocycles. The van der Waals surface area contributed by atoms with Gasteiger partial charge in [0.25, 0.3) is 0 Å². The molecule has 1 aromatic rings. The fourth-order valence-electron chi connectivity index (χ4n) is 1.67. The second-order valence-electron chi connectivity index (χ2n) is 3.43. The summed E-state index contributed by atoms with van der Waals surface area (Å²) in [6, 6.07) is 3.14. The summed E-state index contributed by atoms with van der Waals surface area (Å²) in [6.45, 7) is 0. The first-order valence-corrected chi connectivity index (χ1v) is 6.51. The van der Waals surface area contributed by atoms with Gasteiger partial charge in [-0.3, -0.25) is 0 Å². The van der Waals surface area contributed by atoms with Gasteiger partial charge in [-0.1, -0.05) is 10.9 Å². The number of hydrogen-bond donors (Lipinski definition) is 2. The SMILES string of the molecule is COC1=CC=C(OC)[SH]1c1ncccc1C(=O)O. The van der Waals surface area contributed by atoms with Gasteiger partial charge in [-0.25, -0.2) is 9.78 Å². The Labute approximate surface area is 107 Å². The molecule has 0 amide bonds. The molecule has 0 unspecified atom stereocenters. The molecule has 0 bridgehead atoms. The van der Waals surface area contributed by atoms with E-state index < -0.39 is 16.9 Å². The molecular weight excluding hydrogens is 254 g/mol. The van der Waals surface area contributed by atoms with Gasteiger partial charge < -0.3 is 14.6 Å². The predicted molar refractivity (Wildman–Crippen MR) is 68.6 cm³/mol. The Hall–Kier alpha value is -1.95. The van der Waals surface area contributed by atoms with E-state index in [1.165, 1.54) is 6.07 Å². The van der Waals surface area contributed by atoms with Crippen LogP contribution >= 0.6 is 10.9 Å². The lowest BCUT2D eigenvalue weighted by Crippen LogP contribution is -2.04. The summed E-state index contributed by atoms with van der Waals surface area (Å²) < 4.78 is 10.5. The monoisotopic (exact) mass is 267 g/mol.